The molecule has 0 atom stereocenters. The van der Waals surface area contributed by atoms with Crippen LogP contribution in [0.3, 0.4) is 0 Å². The molecule has 2 aromatic heterocycles. The number of hydrogen-bond donors (Lipinski definition) is 0. The molecule has 158 valence electrons. The van der Waals surface area contributed by atoms with Crippen LogP contribution in [0.15, 0.2) is 35.3 Å². The number of anilines is 1. The largest absolute Gasteiger partial charge is 0.365 e. The monoisotopic (exact) mass is 440 g/mol. The molecule has 4 rings (SSSR count). The van der Waals surface area contributed by atoms with Crippen LogP contribution in [0.4, 0.5) is 18.9 Å². The molecule has 1 aliphatic heterocycles. The Balaban J connectivity index is 1.55. The number of hydrogen-bond acceptors (Lipinski definition) is 6. The molecule has 1 fully saturated rings. The van der Waals surface area contributed by atoms with Gasteiger partial charge in [-0.05, 0) is 18.2 Å². The van der Waals surface area contributed by atoms with Gasteiger partial charge < -0.3 is 9.64 Å². The van der Waals surface area contributed by atoms with Gasteiger partial charge in [0.25, 0.3) is 5.56 Å². The van der Waals surface area contributed by atoms with Gasteiger partial charge in [-0.1, -0.05) is 16.8 Å². The van der Waals surface area contributed by atoms with Crippen LogP contribution in [0, 0.1) is 5.82 Å². The standard InChI is InChI=1S/C18H16ClF3N6O2/c1-26-15(17(24-25-26)13-3-2-10(19)4-14(13)20)9-28-16(29)5-11(6-23-28)27-7-12(8-27)30-18(21)22/h2-6,12,18H,7-9H2,1H3. The Kier molecular flexibility index (Phi) is 5.48. The van der Waals surface area contributed by atoms with E-state index in [1.165, 1.54) is 39.8 Å². The summed E-state index contributed by atoms with van der Waals surface area (Å²) in [4.78, 5) is 14.2. The van der Waals surface area contributed by atoms with Gasteiger partial charge >= 0.3 is 6.61 Å². The van der Waals surface area contributed by atoms with Gasteiger partial charge in [0.1, 0.15) is 11.5 Å². The minimum Gasteiger partial charge on any atom is -0.365 e. The molecule has 0 amide bonds. The fourth-order valence-electron chi connectivity index (χ4n) is 3.18. The van der Waals surface area contributed by atoms with E-state index in [0.29, 0.717) is 11.4 Å². The molecular weight excluding hydrogens is 425 g/mol. The molecule has 3 aromatic rings. The van der Waals surface area contributed by atoms with Crippen LogP contribution >= 0.6 is 11.6 Å². The zero-order valence-corrected chi connectivity index (χ0v) is 16.4. The molecule has 8 nitrogen and oxygen atoms in total. The van der Waals surface area contributed by atoms with E-state index < -0.39 is 24.1 Å². The lowest BCUT2D eigenvalue weighted by atomic mass is 10.1. The van der Waals surface area contributed by atoms with Crippen molar-refractivity contribution in [2.45, 2.75) is 19.3 Å². The number of rotatable bonds is 6. The topological polar surface area (TPSA) is 78.1 Å². The number of aromatic nitrogens is 5. The van der Waals surface area contributed by atoms with Crippen molar-refractivity contribution in [1.82, 2.24) is 24.8 Å². The van der Waals surface area contributed by atoms with Gasteiger partial charge in [-0.15, -0.1) is 5.10 Å². The highest BCUT2D eigenvalue weighted by Gasteiger charge is 2.30. The first kappa shape index (κ1) is 20.4. The molecule has 3 heterocycles. The summed E-state index contributed by atoms with van der Waals surface area (Å²) < 4.78 is 45.8. The molecule has 0 bridgehead atoms. The maximum atomic E-state index is 14.3. The second-order valence-corrected chi connectivity index (χ2v) is 7.20. The average Bonchev–Trinajstić information content (AvgIpc) is 3.00. The number of ether oxygens (including phenoxy) is 1. The van der Waals surface area contributed by atoms with Crippen molar-refractivity contribution in [3.8, 4) is 11.3 Å². The number of nitrogens with zero attached hydrogens (tertiary/aromatic N) is 6. The Hall–Kier alpha value is -2.92. The average molecular weight is 441 g/mol. The van der Waals surface area contributed by atoms with Crippen LogP contribution in [0.5, 0.6) is 0 Å². The Labute approximate surface area is 173 Å². The summed E-state index contributed by atoms with van der Waals surface area (Å²) in [5.74, 6) is -0.557. The lowest BCUT2D eigenvalue weighted by Crippen LogP contribution is -2.53. The van der Waals surface area contributed by atoms with E-state index in [2.05, 4.69) is 20.1 Å². The first-order valence-corrected chi connectivity index (χ1v) is 9.29. The summed E-state index contributed by atoms with van der Waals surface area (Å²) in [6.07, 6.45) is 0.886. The van der Waals surface area contributed by atoms with E-state index in [0.717, 1.165) is 0 Å². The van der Waals surface area contributed by atoms with E-state index in [9.17, 15) is 18.0 Å². The highest BCUT2D eigenvalue weighted by molar-refractivity contribution is 6.30. The van der Waals surface area contributed by atoms with Gasteiger partial charge in [-0.25, -0.2) is 13.8 Å². The molecule has 0 radical (unpaired) electrons. The summed E-state index contributed by atoms with van der Waals surface area (Å²) in [5.41, 5.74) is 1.07. The summed E-state index contributed by atoms with van der Waals surface area (Å²) >= 11 is 5.81. The Morgan fingerprint density at radius 3 is 2.73 bits per heavy atom. The SMILES string of the molecule is Cn1nnc(-c2ccc(Cl)cc2F)c1Cn1ncc(N2CC(OC(F)F)C2)cc1=O. The second kappa shape index (κ2) is 8.07. The molecule has 12 heteroatoms. The number of alkyl halides is 2. The van der Waals surface area contributed by atoms with E-state index in [-0.39, 0.29) is 35.9 Å². The lowest BCUT2D eigenvalue weighted by Gasteiger charge is -2.39. The fraction of sp³-hybridized carbons (Fsp3) is 0.333. The Bertz CT molecular complexity index is 1130. The van der Waals surface area contributed by atoms with Crippen molar-refractivity contribution in [3.63, 3.8) is 0 Å². The highest BCUT2D eigenvalue weighted by Crippen LogP contribution is 2.27. The third-order valence-corrected chi connectivity index (χ3v) is 5.03. The van der Waals surface area contributed by atoms with Crippen LogP contribution in [0.2, 0.25) is 5.02 Å². The van der Waals surface area contributed by atoms with E-state index in [1.54, 1.807) is 11.9 Å². The minimum atomic E-state index is -2.82. The summed E-state index contributed by atoms with van der Waals surface area (Å²) in [5, 5.41) is 12.3. The maximum Gasteiger partial charge on any atom is 0.345 e. The fourth-order valence-corrected chi connectivity index (χ4v) is 3.34. The van der Waals surface area contributed by atoms with Crippen molar-refractivity contribution in [3.05, 3.63) is 57.3 Å². The van der Waals surface area contributed by atoms with Gasteiger partial charge in [0.15, 0.2) is 0 Å². The lowest BCUT2D eigenvalue weighted by molar-refractivity contribution is -0.167. The Morgan fingerprint density at radius 2 is 2.07 bits per heavy atom. The predicted molar refractivity (Wildman–Crippen MR) is 102 cm³/mol. The van der Waals surface area contributed by atoms with Crippen molar-refractivity contribution >= 4 is 17.3 Å². The zero-order valence-electron chi connectivity index (χ0n) is 15.7. The van der Waals surface area contributed by atoms with Crippen molar-refractivity contribution in [1.29, 1.82) is 0 Å². The molecule has 1 saturated heterocycles. The molecule has 0 unspecified atom stereocenters. The van der Waals surface area contributed by atoms with Crippen molar-refractivity contribution in [2.24, 2.45) is 7.05 Å². The van der Waals surface area contributed by atoms with Gasteiger partial charge in [0.2, 0.25) is 0 Å². The van der Waals surface area contributed by atoms with Gasteiger partial charge in [0.05, 0.1) is 30.2 Å². The quantitative estimate of drug-likeness (QED) is 0.585. The third-order valence-electron chi connectivity index (χ3n) is 4.79. The summed E-state index contributed by atoms with van der Waals surface area (Å²) in [6.45, 7) is -2.31. The molecular formula is C18H16ClF3N6O2. The number of aryl methyl sites for hydroxylation is 1. The zero-order chi connectivity index (χ0) is 21.4. The molecule has 0 saturated carbocycles. The molecule has 1 aliphatic rings. The molecule has 30 heavy (non-hydrogen) atoms. The van der Waals surface area contributed by atoms with E-state index in [1.807, 2.05) is 0 Å². The second-order valence-electron chi connectivity index (χ2n) is 6.77. The summed E-state index contributed by atoms with van der Waals surface area (Å²) in [7, 11) is 1.63. The van der Waals surface area contributed by atoms with Gasteiger partial charge in [-0.2, -0.15) is 13.9 Å². The summed E-state index contributed by atoms with van der Waals surface area (Å²) in [6, 6.07) is 5.56. The molecule has 1 aromatic carbocycles. The first-order chi connectivity index (χ1) is 14.3. The minimum absolute atomic E-state index is 0.0110. The number of halogens is 4. The van der Waals surface area contributed by atoms with Gasteiger partial charge in [-0.3, -0.25) is 4.79 Å². The molecule has 0 spiro atoms. The molecule has 0 aliphatic carbocycles. The van der Waals surface area contributed by atoms with E-state index in [4.69, 9.17) is 11.6 Å². The van der Waals surface area contributed by atoms with Gasteiger partial charge in [0, 0.05) is 36.8 Å². The van der Waals surface area contributed by atoms with E-state index >= 15 is 0 Å². The Morgan fingerprint density at radius 1 is 1.30 bits per heavy atom. The van der Waals surface area contributed by atoms with Crippen LogP contribution in [0.1, 0.15) is 5.69 Å². The van der Waals surface area contributed by atoms with Crippen molar-refractivity contribution in [2.75, 3.05) is 18.0 Å². The van der Waals surface area contributed by atoms with Crippen LogP contribution in [-0.4, -0.2) is 50.6 Å². The maximum absolute atomic E-state index is 14.3. The smallest absolute Gasteiger partial charge is 0.345 e. The first-order valence-electron chi connectivity index (χ1n) is 8.91. The van der Waals surface area contributed by atoms with Crippen LogP contribution in [-0.2, 0) is 18.3 Å². The third kappa shape index (κ3) is 4.03. The number of benzene rings is 1. The highest BCUT2D eigenvalue weighted by atomic mass is 35.5. The molecule has 0 N–H and O–H groups in total. The predicted octanol–water partition coefficient (Wildman–Crippen LogP) is 2.31. The van der Waals surface area contributed by atoms with Crippen LogP contribution in [0.25, 0.3) is 11.3 Å². The van der Waals surface area contributed by atoms with Crippen LogP contribution < -0.4 is 10.5 Å². The van der Waals surface area contributed by atoms with Crippen molar-refractivity contribution < 1.29 is 17.9 Å². The normalized spacial score (nSPS) is 14.4.